The largest absolute Gasteiger partial charge is 0.432 e. The minimum atomic E-state index is -0.273. The van der Waals surface area contributed by atoms with Crippen LogP contribution in [0.15, 0.2) is 59.3 Å². The van der Waals surface area contributed by atoms with E-state index < -0.39 is 0 Å². The summed E-state index contributed by atoms with van der Waals surface area (Å²) in [5, 5.41) is 2.07. The first-order valence-electron chi connectivity index (χ1n) is 8.78. The zero-order chi connectivity index (χ0) is 18.5. The summed E-state index contributed by atoms with van der Waals surface area (Å²) in [5.74, 6) is 0.229. The first kappa shape index (κ1) is 15.9. The van der Waals surface area contributed by atoms with Crippen LogP contribution in [0, 0.1) is 5.82 Å². The van der Waals surface area contributed by atoms with Crippen molar-refractivity contribution in [3.63, 3.8) is 0 Å². The van der Waals surface area contributed by atoms with E-state index in [2.05, 4.69) is 40.9 Å². The molecule has 1 aliphatic rings. The van der Waals surface area contributed by atoms with E-state index in [9.17, 15) is 4.39 Å². The highest BCUT2D eigenvalue weighted by atomic mass is 19.1. The molecule has 6 nitrogen and oxygen atoms in total. The SMILES string of the molecule is CC(C)N1NNc2ccc(-c3c(-c4ccc(F)cc4)nc4occn34)cc21. The molecular weight excluding hydrogens is 345 g/mol. The lowest BCUT2D eigenvalue weighted by Gasteiger charge is -2.22. The van der Waals surface area contributed by atoms with Gasteiger partial charge in [0.1, 0.15) is 17.8 Å². The number of fused-ring (bicyclic) bond motifs is 2. The number of anilines is 2. The molecule has 0 fully saturated rings. The highest BCUT2D eigenvalue weighted by Gasteiger charge is 2.24. The fourth-order valence-electron chi connectivity index (χ4n) is 3.44. The van der Waals surface area contributed by atoms with Crippen molar-refractivity contribution in [2.24, 2.45) is 0 Å². The minimum absolute atomic E-state index is 0.273. The Labute approximate surface area is 155 Å². The Hall–Kier alpha value is -3.32. The van der Waals surface area contributed by atoms with Crippen molar-refractivity contribution in [2.75, 3.05) is 10.4 Å². The molecule has 0 saturated carbocycles. The molecule has 136 valence electrons. The third-order valence-corrected chi connectivity index (χ3v) is 4.74. The molecule has 4 aromatic rings. The second-order valence-corrected chi connectivity index (χ2v) is 6.80. The fraction of sp³-hybridized carbons (Fsp3) is 0.150. The maximum Gasteiger partial charge on any atom is 0.306 e. The topological polar surface area (TPSA) is 57.7 Å². The van der Waals surface area contributed by atoms with Gasteiger partial charge in [-0.25, -0.2) is 4.39 Å². The Morgan fingerprint density at radius 3 is 2.63 bits per heavy atom. The van der Waals surface area contributed by atoms with E-state index in [-0.39, 0.29) is 11.9 Å². The first-order valence-corrected chi connectivity index (χ1v) is 8.78. The number of benzene rings is 2. The zero-order valence-corrected chi connectivity index (χ0v) is 14.9. The van der Waals surface area contributed by atoms with E-state index >= 15 is 0 Å². The van der Waals surface area contributed by atoms with Gasteiger partial charge in [0, 0.05) is 23.4 Å². The molecule has 0 bridgehead atoms. The van der Waals surface area contributed by atoms with Crippen LogP contribution in [0.1, 0.15) is 13.8 Å². The van der Waals surface area contributed by atoms with Gasteiger partial charge in [0.25, 0.3) is 0 Å². The second kappa shape index (κ2) is 5.85. The number of imidazole rings is 1. The molecule has 0 radical (unpaired) electrons. The van der Waals surface area contributed by atoms with Crippen molar-refractivity contribution in [3.8, 4) is 22.5 Å². The zero-order valence-electron chi connectivity index (χ0n) is 14.9. The fourth-order valence-corrected chi connectivity index (χ4v) is 3.44. The van der Waals surface area contributed by atoms with Crippen molar-refractivity contribution in [2.45, 2.75) is 19.9 Å². The minimum Gasteiger partial charge on any atom is -0.432 e. The quantitative estimate of drug-likeness (QED) is 0.563. The van der Waals surface area contributed by atoms with Gasteiger partial charge in [0.2, 0.25) is 0 Å². The van der Waals surface area contributed by atoms with Gasteiger partial charge < -0.3 is 9.84 Å². The summed E-state index contributed by atoms with van der Waals surface area (Å²) < 4.78 is 20.8. The molecule has 0 atom stereocenters. The number of halogens is 1. The van der Waals surface area contributed by atoms with Gasteiger partial charge in [-0.05, 0) is 50.2 Å². The Kier molecular flexibility index (Phi) is 3.45. The normalized spacial score (nSPS) is 13.4. The summed E-state index contributed by atoms with van der Waals surface area (Å²) in [4.78, 5) is 4.63. The number of oxazole rings is 1. The van der Waals surface area contributed by atoms with Gasteiger partial charge in [-0.3, -0.25) is 9.41 Å². The molecule has 3 heterocycles. The average molecular weight is 363 g/mol. The van der Waals surface area contributed by atoms with Gasteiger partial charge in [0.05, 0.1) is 17.1 Å². The predicted molar refractivity (Wildman–Crippen MR) is 103 cm³/mol. The summed E-state index contributed by atoms with van der Waals surface area (Å²) in [7, 11) is 0. The highest BCUT2D eigenvalue weighted by molar-refractivity contribution is 5.86. The molecule has 27 heavy (non-hydrogen) atoms. The van der Waals surface area contributed by atoms with E-state index in [0.29, 0.717) is 5.84 Å². The molecule has 2 aromatic carbocycles. The van der Waals surface area contributed by atoms with Crippen LogP contribution < -0.4 is 16.0 Å². The Morgan fingerprint density at radius 2 is 1.85 bits per heavy atom. The number of hydrogen-bond acceptors (Lipinski definition) is 5. The molecule has 0 saturated heterocycles. The van der Waals surface area contributed by atoms with Crippen LogP contribution >= 0.6 is 0 Å². The molecular formula is C20H18FN5O. The van der Waals surface area contributed by atoms with E-state index in [1.54, 1.807) is 18.4 Å². The van der Waals surface area contributed by atoms with E-state index in [1.165, 1.54) is 12.1 Å². The van der Waals surface area contributed by atoms with Gasteiger partial charge in [0.15, 0.2) is 0 Å². The number of nitrogens with one attached hydrogen (secondary N) is 2. The molecule has 0 unspecified atom stereocenters. The van der Waals surface area contributed by atoms with Gasteiger partial charge in [-0.15, -0.1) is 5.53 Å². The van der Waals surface area contributed by atoms with E-state index in [1.807, 2.05) is 22.7 Å². The smallest absolute Gasteiger partial charge is 0.306 e. The number of hydrazine groups is 2. The predicted octanol–water partition coefficient (Wildman–Crippen LogP) is 4.46. The van der Waals surface area contributed by atoms with Crippen molar-refractivity contribution in [1.82, 2.24) is 14.9 Å². The van der Waals surface area contributed by atoms with Gasteiger partial charge >= 0.3 is 5.84 Å². The molecule has 0 aliphatic carbocycles. The molecule has 5 rings (SSSR count). The molecule has 2 N–H and O–H groups in total. The van der Waals surface area contributed by atoms with Crippen LogP contribution in [0.2, 0.25) is 0 Å². The lowest BCUT2D eigenvalue weighted by molar-refractivity contribution is 0.596. The van der Waals surface area contributed by atoms with Gasteiger partial charge in [-0.1, -0.05) is 6.07 Å². The van der Waals surface area contributed by atoms with Crippen LogP contribution in [0.5, 0.6) is 0 Å². The lowest BCUT2D eigenvalue weighted by atomic mass is 10.0. The lowest BCUT2D eigenvalue weighted by Crippen LogP contribution is -2.41. The maximum atomic E-state index is 13.4. The standard InChI is InChI=1S/C20H18FN5O/c1-12(2)26-17-11-14(5-8-16(17)23-24-26)19-18(13-3-6-15(21)7-4-13)22-20-25(19)9-10-27-20/h3-12,23-24H,1-2H3. The summed E-state index contributed by atoms with van der Waals surface area (Å²) in [6.07, 6.45) is 3.45. The van der Waals surface area contributed by atoms with Crippen LogP contribution in [0.25, 0.3) is 28.4 Å². The number of nitrogens with zero attached hydrogens (tertiary/aromatic N) is 3. The van der Waals surface area contributed by atoms with Gasteiger partial charge in [-0.2, -0.15) is 4.98 Å². The average Bonchev–Trinajstić information content (AvgIpc) is 3.35. The Balaban J connectivity index is 1.71. The van der Waals surface area contributed by atoms with Crippen LogP contribution in [0.4, 0.5) is 15.8 Å². The maximum absolute atomic E-state index is 13.4. The van der Waals surface area contributed by atoms with E-state index in [4.69, 9.17) is 4.42 Å². The molecule has 0 amide bonds. The van der Waals surface area contributed by atoms with Crippen molar-refractivity contribution in [1.29, 1.82) is 0 Å². The summed E-state index contributed by atoms with van der Waals surface area (Å²) in [6, 6.07) is 12.8. The third-order valence-electron chi connectivity index (χ3n) is 4.74. The molecule has 2 aromatic heterocycles. The third kappa shape index (κ3) is 2.47. The van der Waals surface area contributed by atoms with Crippen LogP contribution in [-0.4, -0.2) is 15.4 Å². The Morgan fingerprint density at radius 1 is 1.07 bits per heavy atom. The summed E-state index contributed by atoms with van der Waals surface area (Å²) in [6.45, 7) is 4.24. The molecule has 1 aliphatic heterocycles. The number of aromatic nitrogens is 2. The molecule has 0 spiro atoms. The summed E-state index contributed by atoms with van der Waals surface area (Å²) >= 11 is 0. The van der Waals surface area contributed by atoms with Crippen LogP contribution in [-0.2, 0) is 0 Å². The monoisotopic (exact) mass is 363 g/mol. The van der Waals surface area contributed by atoms with Crippen molar-refractivity contribution < 1.29 is 8.81 Å². The number of rotatable bonds is 3. The van der Waals surface area contributed by atoms with E-state index in [0.717, 1.165) is 33.9 Å². The van der Waals surface area contributed by atoms with Crippen molar-refractivity contribution >= 4 is 17.2 Å². The Bertz CT molecular complexity index is 1130. The van der Waals surface area contributed by atoms with Crippen LogP contribution in [0.3, 0.4) is 0 Å². The van der Waals surface area contributed by atoms with Crippen molar-refractivity contribution in [3.05, 3.63) is 60.7 Å². The first-order chi connectivity index (χ1) is 13.1. The highest BCUT2D eigenvalue weighted by Crippen LogP contribution is 2.38. The summed E-state index contributed by atoms with van der Waals surface area (Å²) in [5.41, 5.74) is 11.9. The number of hydrogen-bond donors (Lipinski definition) is 2. The molecule has 7 heteroatoms. The second-order valence-electron chi connectivity index (χ2n) is 6.80.